The van der Waals surface area contributed by atoms with Crippen molar-refractivity contribution in [2.24, 2.45) is 35.3 Å². The van der Waals surface area contributed by atoms with Crippen LogP contribution < -0.4 is 5.73 Å². The van der Waals surface area contributed by atoms with E-state index < -0.39 is 0 Å². The molecule has 0 aromatic heterocycles. The zero-order valence-electron chi connectivity index (χ0n) is 10.3. The van der Waals surface area contributed by atoms with Crippen LogP contribution in [0.25, 0.3) is 0 Å². The van der Waals surface area contributed by atoms with E-state index in [0.29, 0.717) is 11.8 Å². The van der Waals surface area contributed by atoms with Gasteiger partial charge in [0, 0.05) is 25.0 Å². The summed E-state index contributed by atoms with van der Waals surface area (Å²) >= 11 is 0. The predicted octanol–water partition coefficient (Wildman–Crippen LogP) is 1.23. The van der Waals surface area contributed by atoms with Gasteiger partial charge in [-0.2, -0.15) is 0 Å². The number of hydrogen-bond donors (Lipinski definition) is 1. The van der Waals surface area contributed by atoms with E-state index >= 15 is 0 Å². The second-order valence-corrected chi connectivity index (χ2v) is 6.70. The number of hydrogen-bond acceptors (Lipinski definition) is 2. The van der Waals surface area contributed by atoms with Gasteiger partial charge in [0.2, 0.25) is 5.91 Å². The molecule has 5 atom stereocenters. The van der Waals surface area contributed by atoms with Crippen LogP contribution in [0.15, 0.2) is 0 Å². The van der Waals surface area contributed by atoms with Gasteiger partial charge >= 0.3 is 0 Å². The molecule has 0 aromatic rings. The van der Waals surface area contributed by atoms with Crippen molar-refractivity contribution in [2.75, 3.05) is 13.1 Å². The Balaban J connectivity index is 1.45. The van der Waals surface area contributed by atoms with E-state index in [1.54, 1.807) is 0 Å². The fourth-order valence-electron chi connectivity index (χ4n) is 5.08. The van der Waals surface area contributed by atoms with E-state index in [4.69, 9.17) is 5.73 Å². The van der Waals surface area contributed by atoms with Crippen LogP contribution in [0.1, 0.15) is 32.1 Å². The molecule has 5 unspecified atom stereocenters. The predicted molar refractivity (Wildman–Crippen MR) is 65.1 cm³/mol. The maximum Gasteiger partial charge on any atom is 0.226 e. The first-order valence-electron chi connectivity index (χ1n) is 7.30. The number of nitrogens with zero attached hydrogens (tertiary/aromatic N) is 1. The Morgan fingerprint density at radius 3 is 2.47 bits per heavy atom. The van der Waals surface area contributed by atoms with E-state index in [0.717, 1.165) is 49.6 Å². The van der Waals surface area contributed by atoms with Crippen molar-refractivity contribution in [1.82, 2.24) is 4.90 Å². The number of carbonyl (C=O) groups is 1. The highest BCUT2D eigenvalue weighted by Gasteiger charge is 2.67. The van der Waals surface area contributed by atoms with Crippen molar-refractivity contribution in [2.45, 2.75) is 38.1 Å². The molecule has 94 valence electrons. The Bertz CT molecular complexity index is 340. The Labute approximate surface area is 103 Å². The summed E-state index contributed by atoms with van der Waals surface area (Å²) in [5.41, 5.74) is 5.97. The largest absolute Gasteiger partial charge is 0.341 e. The van der Waals surface area contributed by atoms with E-state index in [2.05, 4.69) is 4.90 Å². The van der Waals surface area contributed by atoms with Crippen LogP contribution >= 0.6 is 0 Å². The minimum absolute atomic E-state index is 0.225. The molecule has 17 heavy (non-hydrogen) atoms. The first-order chi connectivity index (χ1) is 8.25. The molecular weight excluding hydrogens is 212 g/mol. The summed E-state index contributed by atoms with van der Waals surface area (Å²) in [6.45, 7) is 1.77. The second-order valence-electron chi connectivity index (χ2n) is 6.70. The van der Waals surface area contributed by atoms with Gasteiger partial charge in [-0.05, 0) is 55.8 Å². The van der Waals surface area contributed by atoms with E-state index in [1.807, 2.05) is 0 Å². The Hall–Kier alpha value is -0.570. The van der Waals surface area contributed by atoms with Crippen LogP contribution in [0.4, 0.5) is 0 Å². The quantitative estimate of drug-likeness (QED) is 0.741. The third-order valence-corrected chi connectivity index (χ3v) is 5.79. The first-order valence-corrected chi connectivity index (χ1v) is 7.30. The maximum atomic E-state index is 12.5. The van der Waals surface area contributed by atoms with Crippen molar-refractivity contribution in [3.05, 3.63) is 0 Å². The van der Waals surface area contributed by atoms with Gasteiger partial charge in [-0.3, -0.25) is 4.79 Å². The van der Waals surface area contributed by atoms with Crippen molar-refractivity contribution in [3.63, 3.8) is 0 Å². The highest BCUT2D eigenvalue weighted by molar-refractivity contribution is 5.83. The molecule has 3 aliphatic carbocycles. The molecule has 4 rings (SSSR count). The molecule has 3 nitrogen and oxygen atoms in total. The van der Waals surface area contributed by atoms with Crippen molar-refractivity contribution in [3.8, 4) is 0 Å². The molecule has 3 heteroatoms. The summed E-state index contributed by atoms with van der Waals surface area (Å²) in [6.07, 6.45) is 6.41. The van der Waals surface area contributed by atoms with Gasteiger partial charge in [0.25, 0.3) is 0 Å². The zero-order valence-corrected chi connectivity index (χ0v) is 10.3. The lowest BCUT2D eigenvalue weighted by atomic mass is 10.00. The number of amides is 1. The fourth-order valence-corrected chi connectivity index (χ4v) is 5.08. The number of likely N-dealkylation sites (tertiary alicyclic amines) is 1. The minimum Gasteiger partial charge on any atom is -0.341 e. The zero-order chi connectivity index (χ0) is 11.6. The molecule has 1 amide bonds. The average Bonchev–Trinajstić information content (AvgIpc) is 2.76. The molecule has 1 saturated heterocycles. The minimum atomic E-state index is 0.225. The highest BCUT2D eigenvalue weighted by Crippen LogP contribution is 2.69. The summed E-state index contributed by atoms with van der Waals surface area (Å²) in [5.74, 6) is 4.21. The van der Waals surface area contributed by atoms with E-state index in [-0.39, 0.29) is 6.04 Å². The molecule has 2 N–H and O–H groups in total. The lowest BCUT2D eigenvalue weighted by Gasteiger charge is -2.31. The molecule has 0 radical (unpaired) electrons. The lowest BCUT2D eigenvalue weighted by Crippen LogP contribution is -2.46. The lowest BCUT2D eigenvalue weighted by molar-refractivity contribution is -0.134. The highest BCUT2D eigenvalue weighted by atomic mass is 16.2. The van der Waals surface area contributed by atoms with E-state index in [1.165, 1.54) is 19.3 Å². The van der Waals surface area contributed by atoms with Crippen LogP contribution in [0, 0.1) is 29.6 Å². The number of rotatable bonds is 1. The van der Waals surface area contributed by atoms with Gasteiger partial charge in [0.05, 0.1) is 0 Å². The second kappa shape index (κ2) is 3.47. The topological polar surface area (TPSA) is 46.3 Å². The number of fused-ring (bicyclic) bond motifs is 5. The van der Waals surface area contributed by atoms with Gasteiger partial charge in [-0.15, -0.1) is 0 Å². The molecule has 0 spiro atoms. The Kier molecular flexibility index (Phi) is 2.11. The number of nitrogens with two attached hydrogens (primary N) is 1. The maximum absolute atomic E-state index is 12.5. The molecule has 1 aliphatic heterocycles. The number of carbonyl (C=O) groups excluding carboxylic acids is 1. The Morgan fingerprint density at radius 2 is 1.82 bits per heavy atom. The van der Waals surface area contributed by atoms with Crippen molar-refractivity contribution >= 4 is 5.91 Å². The van der Waals surface area contributed by atoms with Crippen LogP contribution in [0.3, 0.4) is 0 Å². The normalized spacial score (nSPS) is 51.5. The average molecular weight is 234 g/mol. The van der Waals surface area contributed by atoms with Crippen LogP contribution in [0.2, 0.25) is 0 Å². The molecule has 1 heterocycles. The molecule has 4 fully saturated rings. The summed E-state index contributed by atoms with van der Waals surface area (Å²) in [4.78, 5) is 14.6. The first kappa shape index (κ1) is 10.4. The summed E-state index contributed by atoms with van der Waals surface area (Å²) < 4.78 is 0. The van der Waals surface area contributed by atoms with Crippen LogP contribution in [0.5, 0.6) is 0 Å². The van der Waals surface area contributed by atoms with Gasteiger partial charge in [0.1, 0.15) is 0 Å². The standard InChI is InChI=1S/C14H22N2O/c15-10-2-1-5-16(7-10)14(17)13-11-8-3-4-9(6-8)12(11)13/h8-13H,1-7,15H2. The monoisotopic (exact) mass is 234 g/mol. The Morgan fingerprint density at radius 1 is 1.12 bits per heavy atom. The fraction of sp³-hybridized carbons (Fsp3) is 0.929. The molecule has 0 aromatic carbocycles. The molecule has 3 saturated carbocycles. The summed E-state index contributed by atoms with van der Waals surface area (Å²) in [5, 5.41) is 0. The number of piperidine rings is 1. The third-order valence-electron chi connectivity index (χ3n) is 5.79. The smallest absolute Gasteiger partial charge is 0.226 e. The van der Waals surface area contributed by atoms with Crippen molar-refractivity contribution in [1.29, 1.82) is 0 Å². The third kappa shape index (κ3) is 1.41. The van der Waals surface area contributed by atoms with Crippen LogP contribution in [-0.2, 0) is 4.79 Å². The summed E-state index contributed by atoms with van der Waals surface area (Å²) in [7, 11) is 0. The van der Waals surface area contributed by atoms with Gasteiger partial charge < -0.3 is 10.6 Å². The van der Waals surface area contributed by atoms with Gasteiger partial charge in [0.15, 0.2) is 0 Å². The SMILES string of the molecule is NC1CCCN(C(=O)C2C3C4CCC(C4)C23)C1. The van der Waals surface area contributed by atoms with Crippen molar-refractivity contribution < 1.29 is 4.79 Å². The van der Waals surface area contributed by atoms with Crippen LogP contribution in [-0.4, -0.2) is 29.9 Å². The molecule has 2 bridgehead atoms. The van der Waals surface area contributed by atoms with E-state index in [9.17, 15) is 4.79 Å². The summed E-state index contributed by atoms with van der Waals surface area (Å²) in [6, 6.07) is 0.225. The molecular formula is C14H22N2O. The molecule has 4 aliphatic rings. The van der Waals surface area contributed by atoms with Gasteiger partial charge in [-0.1, -0.05) is 0 Å². The van der Waals surface area contributed by atoms with Gasteiger partial charge in [-0.25, -0.2) is 0 Å².